The number of likely N-dealkylation sites (tertiary alicyclic amines) is 1. The monoisotopic (exact) mass is 1690 g/mol. The smallest absolute Gasteiger partial charge is 0.293 e. The van der Waals surface area contributed by atoms with Crippen LogP contribution in [0.2, 0.25) is 0 Å². The van der Waals surface area contributed by atoms with Crippen molar-refractivity contribution in [3.8, 4) is 11.8 Å². The van der Waals surface area contributed by atoms with Crippen molar-refractivity contribution in [3.05, 3.63) is 156 Å². The number of hydrogen-bond donors (Lipinski definition) is 7. The number of carbonyl (C=O) groups excluding carboxylic acids is 4. The maximum absolute atomic E-state index is 14.7. The minimum Gasteiger partial charge on any atom is -0.476 e. The maximum Gasteiger partial charge on any atom is 0.293 e. The van der Waals surface area contributed by atoms with E-state index in [0.29, 0.717) is 83.8 Å². The summed E-state index contributed by atoms with van der Waals surface area (Å²) >= 11 is 12.3. The van der Waals surface area contributed by atoms with Gasteiger partial charge in [-0.2, -0.15) is 0 Å². The summed E-state index contributed by atoms with van der Waals surface area (Å²) in [7, 11) is 2.54. The zero-order chi connectivity index (χ0) is 74.1. The predicted molar refractivity (Wildman–Crippen MR) is 379 cm³/mol. The molecule has 6 aromatic heterocycles. The summed E-state index contributed by atoms with van der Waals surface area (Å²) in [6, 6.07) is 12.9. The highest BCUT2D eigenvalue weighted by atomic mass is 79.9. The van der Waals surface area contributed by atoms with Crippen LogP contribution in [0.1, 0.15) is 111 Å². The fourth-order valence-corrected chi connectivity index (χ4v) is 12.2. The van der Waals surface area contributed by atoms with Crippen LogP contribution in [-0.2, 0) is 19.2 Å². The lowest BCUT2D eigenvalue weighted by Gasteiger charge is -2.40. The van der Waals surface area contributed by atoms with Crippen molar-refractivity contribution >= 4 is 114 Å². The molecule has 6 aliphatic rings. The van der Waals surface area contributed by atoms with Crippen molar-refractivity contribution in [1.82, 2.24) is 60.2 Å². The fourth-order valence-electron chi connectivity index (χ4n) is 11.0. The van der Waals surface area contributed by atoms with Gasteiger partial charge in [0.2, 0.25) is 29.1 Å². The summed E-state index contributed by atoms with van der Waals surface area (Å²) < 4.78 is 124. The first-order chi connectivity index (χ1) is 48.3. The number of anilines is 2. The Morgan fingerprint density at radius 2 is 0.971 bits per heavy atom. The zero-order valence-corrected chi connectivity index (χ0v) is 61.3. The predicted octanol–water partition coefficient (Wildman–Crippen LogP) is 8.99. The number of ether oxygens (including phenoxy) is 2. The van der Waals surface area contributed by atoms with Gasteiger partial charge in [-0.25, -0.2) is 35.1 Å². The second-order valence-corrected chi connectivity index (χ2v) is 29.1. The number of aromatic nitrogens is 8. The number of alkyl halides is 9. The Balaban J connectivity index is 0.000000167. The number of pyridine rings is 4. The Kier molecular flexibility index (Phi) is 29.1. The molecule has 6 fully saturated rings. The number of halogens is 12. The molecule has 6 aromatic rings. The molecule has 38 heteroatoms. The van der Waals surface area contributed by atoms with E-state index in [4.69, 9.17) is 9.47 Å². The standard InChI is InChI=1S/C21H24BrF2N5O3.C11H11BBrF2N2O2.C11H12BF2N2O2.C11H14BrN3O2.C10H11BrF2N2O/c1-12(19(30)26-17-4-5-18(28-27-17)32-11-13-2-3-13)29-7-6-21(23,24)15(10-29)14-8-16(22)20(31)25-9-14;13-9-3-7(4-16-10(9)19)8-5-17(12-6-18)2-1-11(8,14)15;13-11(14)3-4-16(12-7-17)6-9(11)8-1-2-10(18)15-5-8;1-7(12)11(16)13-9-4-5-10(15-14-9)17-6-8-2-3-8;11-8-3-6(4-15-9(8)16)7-5-14-2-1-10(7,12)13/h4-5,8-9,12-13,15H,2-3,6-7,10-11H2,1H3,(H,25,31)(H,26,27,30);3-4,6,8H,1-2,5H2,(H,16,19);1-2,5,7,9H,3-4,6H2,(H,15,18);4-5,7-8H,2-3,6H2,1H3,(H,13,14,16);3-4,7,14H,1-2,5H2,(H,15,16)/t12-,15?;;;7-;/m0..1./s1. The van der Waals surface area contributed by atoms with Crippen LogP contribution in [0.4, 0.5) is 46.8 Å². The van der Waals surface area contributed by atoms with E-state index in [1.807, 2.05) is 0 Å². The Morgan fingerprint density at radius 1 is 0.559 bits per heavy atom. The summed E-state index contributed by atoms with van der Waals surface area (Å²) in [6.45, 7) is 5.75. The maximum atomic E-state index is 14.7. The number of nitrogens with zero attached hydrogens (tertiary/aromatic N) is 7. The van der Waals surface area contributed by atoms with Crippen LogP contribution < -0.4 is 47.7 Å². The first-order valence-corrected chi connectivity index (χ1v) is 35.7. The molecule has 24 nitrogen and oxygen atoms in total. The van der Waals surface area contributed by atoms with Crippen molar-refractivity contribution in [1.29, 1.82) is 0 Å². The number of rotatable bonds is 19. The second-order valence-electron chi connectivity index (χ2n) is 25.1. The van der Waals surface area contributed by atoms with Crippen molar-refractivity contribution in [2.24, 2.45) is 11.8 Å². The van der Waals surface area contributed by atoms with Gasteiger partial charge in [0.05, 0.1) is 73.5 Å². The van der Waals surface area contributed by atoms with Crippen LogP contribution in [0.25, 0.3) is 0 Å². The topological polar surface area (TPSA) is 316 Å². The Labute approximate surface area is 614 Å². The number of amides is 2. The molecule has 0 bridgehead atoms. The molecule has 2 aliphatic carbocycles. The quantitative estimate of drug-likeness (QED) is 0.0172. The molecule has 4 unspecified atom stereocenters. The lowest BCUT2D eigenvalue weighted by molar-refractivity contribution is -0.125. The third-order valence-corrected chi connectivity index (χ3v) is 19.7. The number of aromatic amines is 4. The summed E-state index contributed by atoms with van der Waals surface area (Å²) in [4.78, 5) is 104. The lowest BCUT2D eigenvalue weighted by Crippen LogP contribution is -2.52. The van der Waals surface area contributed by atoms with E-state index < -0.39 is 59.8 Å². The molecule has 2 saturated carbocycles. The number of carbonyl (C=O) groups is 4. The molecule has 7 N–H and O–H groups in total. The van der Waals surface area contributed by atoms with E-state index in [-0.39, 0.29) is 123 Å². The van der Waals surface area contributed by atoms with Crippen LogP contribution >= 0.6 is 63.7 Å². The molecule has 2 radical (unpaired) electrons. The molecular weight excluding hydrogens is 1620 g/mol. The van der Waals surface area contributed by atoms with Crippen molar-refractivity contribution in [2.45, 2.75) is 123 Å². The average Bonchev–Trinajstić information content (AvgIpc) is 0.931. The lowest BCUT2D eigenvalue weighted by atomic mass is 9.82. The van der Waals surface area contributed by atoms with Gasteiger partial charge in [-0.3, -0.25) is 33.7 Å². The van der Waals surface area contributed by atoms with Gasteiger partial charge in [-0.15, -0.1) is 20.4 Å². The number of piperidine rings is 4. The molecule has 0 aromatic carbocycles. The second kappa shape index (κ2) is 36.7. The van der Waals surface area contributed by atoms with Crippen molar-refractivity contribution in [2.75, 3.05) is 76.2 Å². The highest BCUT2D eigenvalue weighted by molar-refractivity contribution is 9.11. The van der Waals surface area contributed by atoms with Gasteiger partial charge in [-0.1, -0.05) is 22.0 Å². The number of H-pyrrole nitrogens is 4. The molecule has 548 valence electrons. The highest BCUT2D eigenvalue weighted by Crippen LogP contribution is 2.44. The van der Waals surface area contributed by atoms with E-state index in [1.54, 1.807) is 52.6 Å². The van der Waals surface area contributed by atoms with Gasteiger partial charge >= 0.3 is 0 Å². The van der Waals surface area contributed by atoms with Gasteiger partial charge < -0.3 is 64.6 Å². The van der Waals surface area contributed by atoms with Crippen LogP contribution in [-0.4, -0.2) is 194 Å². The van der Waals surface area contributed by atoms with Crippen molar-refractivity contribution < 1.29 is 63.8 Å². The van der Waals surface area contributed by atoms with E-state index >= 15 is 0 Å². The van der Waals surface area contributed by atoms with Gasteiger partial charge in [0, 0.05) is 94.8 Å². The molecular formula is C64H72B2Br4F8N14O10. The third-order valence-electron chi connectivity index (χ3n) is 17.5. The van der Waals surface area contributed by atoms with Crippen LogP contribution in [0.15, 0.2) is 112 Å². The zero-order valence-electron chi connectivity index (χ0n) is 54.9. The van der Waals surface area contributed by atoms with Gasteiger partial charge in [0.15, 0.2) is 11.6 Å². The van der Waals surface area contributed by atoms with E-state index in [0.717, 1.165) is 0 Å². The molecule has 2 amide bonds. The molecule has 12 rings (SSSR count). The Hall–Kier alpha value is -6.83. The molecule has 4 aliphatic heterocycles. The molecule has 4 saturated heterocycles. The third kappa shape index (κ3) is 23.9. The summed E-state index contributed by atoms with van der Waals surface area (Å²) in [5, 5.41) is 23.9. The fraction of sp³-hybridized carbons (Fsp3) is 0.500. The Bertz CT molecular complexity index is 4040. The van der Waals surface area contributed by atoms with Crippen LogP contribution in [0.3, 0.4) is 0 Å². The highest BCUT2D eigenvalue weighted by Gasteiger charge is 2.49. The molecule has 6 atom stereocenters. The van der Waals surface area contributed by atoms with E-state index in [2.05, 4.69) is 120 Å². The Morgan fingerprint density at radius 3 is 1.36 bits per heavy atom. The minimum absolute atomic E-state index is 0.0281. The van der Waals surface area contributed by atoms with Gasteiger partial charge in [-0.05, 0) is 178 Å². The largest absolute Gasteiger partial charge is 0.476 e. The van der Waals surface area contributed by atoms with Gasteiger partial charge in [0.25, 0.3) is 55.2 Å². The molecule has 0 spiro atoms. The van der Waals surface area contributed by atoms with Crippen LogP contribution in [0, 0.1) is 11.8 Å². The van der Waals surface area contributed by atoms with E-state index in [1.165, 1.54) is 95.6 Å². The number of nitrogens with one attached hydrogen (secondary N) is 7. The summed E-state index contributed by atoms with van der Waals surface area (Å²) in [5.74, 6) is -13.1. The van der Waals surface area contributed by atoms with Gasteiger partial charge in [0.1, 0.15) is 0 Å². The molecule has 102 heavy (non-hydrogen) atoms. The SMILES string of the molecule is C[C@@H](Br)C(=O)Nc1ccc(OCC2CC2)nn1.C[C@@H](C(=O)Nc1ccc(OCC2CC2)nn1)N1CCC(F)(F)C(c2c[nH]c(=O)c(Br)c2)C1.O=C[B]N1CCC(F)(F)C(c2c[nH]c(=O)c(Br)c2)C1.O=C[B]N1CCC(F)(F)C(c2ccc(=O)[nH]c2)C1.O=c1[nH]cc(C2CNCCC2(F)F)cc1Br. The molecule has 10 heterocycles. The van der Waals surface area contributed by atoms with Crippen LogP contribution in [0.5, 0.6) is 11.8 Å². The first kappa shape index (κ1) is 80.8. The number of hydrogen-bond acceptors (Lipinski definition) is 18. The summed E-state index contributed by atoms with van der Waals surface area (Å²) in [6.07, 6.45) is 10.1. The summed E-state index contributed by atoms with van der Waals surface area (Å²) in [5.41, 5.74) is 0.103. The minimum atomic E-state index is -2.95. The van der Waals surface area contributed by atoms with E-state index in [9.17, 15) is 73.5 Å². The first-order valence-electron chi connectivity index (χ1n) is 32.4. The van der Waals surface area contributed by atoms with Crippen molar-refractivity contribution in [3.63, 3.8) is 0 Å². The normalized spacial score (nSPS) is 21.8. The average molecular weight is 1690 g/mol.